The van der Waals surface area contributed by atoms with Gasteiger partial charge in [0.25, 0.3) is 5.56 Å². The average Bonchev–Trinajstić information content (AvgIpc) is 2.40. The molecular weight excluding hydrogens is 216 g/mol. The molecule has 0 saturated heterocycles. The molecule has 0 aliphatic heterocycles. The summed E-state index contributed by atoms with van der Waals surface area (Å²) in [6, 6.07) is 5.46. The molecule has 0 saturated carbocycles. The second-order valence-electron chi connectivity index (χ2n) is 3.59. The maximum absolute atomic E-state index is 11.5. The van der Waals surface area contributed by atoms with E-state index in [2.05, 4.69) is 19.9 Å². The van der Waals surface area contributed by atoms with E-state index < -0.39 is 0 Å². The summed E-state index contributed by atoms with van der Waals surface area (Å²) in [6.45, 7) is 0. The lowest BCUT2D eigenvalue weighted by atomic mass is 10.1. The zero-order chi connectivity index (χ0) is 11.7. The zero-order valence-electron chi connectivity index (χ0n) is 8.79. The minimum absolute atomic E-state index is 0.133. The first kappa shape index (κ1) is 9.65. The Morgan fingerprint density at radius 2 is 1.88 bits per heavy atom. The number of fused-ring (bicyclic) bond motifs is 1. The smallest absolute Gasteiger partial charge is 0.258 e. The Kier molecular flexibility index (Phi) is 2.15. The number of nitrogens with zero attached hydrogens (tertiary/aromatic N) is 3. The van der Waals surface area contributed by atoms with E-state index in [4.69, 9.17) is 0 Å². The van der Waals surface area contributed by atoms with Crippen LogP contribution >= 0.6 is 0 Å². The van der Waals surface area contributed by atoms with Crippen molar-refractivity contribution < 1.29 is 0 Å². The van der Waals surface area contributed by atoms with Gasteiger partial charge in [-0.15, -0.1) is 0 Å². The molecule has 0 fully saturated rings. The molecular formula is C12H8N4O. The third-order valence-electron chi connectivity index (χ3n) is 2.54. The van der Waals surface area contributed by atoms with Gasteiger partial charge in [0.2, 0.25) is 0 Å². The Hall–Kier alpha value is -2.56. The topological polar surface area (TPSA) is 71.5 Å². The number of hydrogen-bond donors (Lipinski definition) is 1. The first-order chi connectivity index (χ1) is 8.34. The van der Waals surface area contributed by atoms with Gasteiger partial charge in [-0.05, 0) is 17.7 Å². The highest BCUT2D eigenvalue weighted by Gasteiger charge is 2.02. The molecule has 82 valence electrons. The van der Waals surface area contributed by atoms with Crippen LogP contribution in [0.4, 0.5) is 0 Å². The standard InChI is InChI=1S/C12H8N4O/c17-12-10-2-1-8(3-11(10)15-7-16-12)9-4-13-6-14-5-9/h1-7H,(H,15,16,17). The van der Waals surface area contributed by atoms with Crippen LogP contribution in [-0.4, -0.2) is 19.9 Å². The van der Waals surface area contributed by atoms with E-state index in [0.29, 0.717) is 10.9 Å². The molecule has 5 heteroatoms. The Morgan fingerprint density at radius 1 is 1.06 bits per heavy atom. The molecule has 1 aromatic carbocycles. The summed E-state index contributed by atoms with van der Waals surface area (Å²) in [6.07, 6.45) is 6.33. The van der Waals surface area contributed by atoms with Crippen LogP contribution in [0.3, 0.4) is 0 Å². The van der Waals surface area contributed by atoms with Crippen molar-refractivity contribution in [1.82, 2.24) is 19.9 Å². The third kappa shape index (κ3) is 1.67. The van der Waals surface area contributed by atoms with Gasteiger partial charge >= 0.3 is 0 Å². The Morgan fingerprint density at radius 3 is 2.71 bits per heavy atom. The molecule has 5 nitrogen and oxygen atoms in total. The zero-order valence-corrected chi connectivity index (χ0v) is 8.79. The van der Waals surface area contributed by atoms with Gasteiger partial charge < -0.3 is 4.98 Å². The maximum Gasteiger partial charge on any atom is 0.258 e. The van der Waals surface area contributed by atoms with Gasteiger partial charge in [-0.25, -0.2) is 15.0 Å². The minimum atomic E-state index is -0.133. The number of H-pyrrole nitrogens is 1. The van der Waals surface area contributed by atoms with Crippen molar-refractivity contribution >= 4 is 10.9 Å². The van der Waals surface area contributed by atoms with Crippen molar-refractivity contribution in [2.45, 2.75) is 0 Å². The predicted molar refractivity (Wildman–Crippen MR) is 63.4 cm³/mol. The molecule has 0 bridgehead atoms. The van der Waals surface area contributed by atoms with Crippen molar-refractivity contribution in [1.29, 1.82) is 0 Å². The lowest BCUT2D eigenvalue weighted by molar-refractivity contribution is 1.16. The van der Waals surface area contributed by atoms with Gasteiger partial charge in [0.05, 0.1) is 17.2 Å². The van der Waals surface area contributed by atoms with E-state index in [1.807, 2.05) is 12.1 Å². The summed E-state index contributed by atoms with van der Waals surface area (Å²) in [4.78, 5) is 26.1. The number of nitrogens with one attached hydrogen (secondary N) is 1. The first-order valence-electron chi connectivity index (χ1n) is 5.07. The molecule has 3 aromatic rings. The van der Waals surface area contributed by atoms with Crippen LogP contribution in [0.1, 0.15) is 0 Å². The molecule has 0 radical (unpaired) electrons. The summed E-state index contributed by atoms with van der Waals surface area (Å²) in [5.74, 6) is 0. The highest BCUT2D eigenvalue weighted by molar-refractivity contribution is 5.82. The molecule has 0 aliphatic carbocycles. The predicted octanol–water partition coefficient (Wildman–Crippen LogP) is 1.38. The monoisotopic (exact) mass is 224 g/mol. The van der Waals surface area contributed by atoms with Gasteiger partial charge in [0.15, 0.2) is 0 Å². The van der Waals surface area contributed by atoms with E-state index in [0.717, 1.165) is 11.1 Å². The fourth-order valence-corrected chi connectivity index (χ4v) is 1.70. The van der Waals surface area contributed by atoms with Crippen molar-refractivity contribution in [3.63, 3.8) is 0 Å². The molecule has 3 rings (SSSR count). The molecule has 2 heterocycles. The van der Waals surface area contributed by atoms with E-state index in [9.17, 15) is 4.79 Å². The maximum atomic E-state index is 11.5. The van der Waals surface area contributed by atoms with Gasteiger partial charge in [-0.1, -0.05) is 6.07 Å². The SMILES string of the molecule is O=c1[nH]cnc2cc(-c3cncnc3)ccc12. The molecule has 17 heavy (non-hydrogen) atoms. The van der Waals surface area contributed by atoms with Crippen LogP contribution < -0.4 is 5.56 Å². The normalized spacial score (nSPS) is 10.6. The van der Waals surface area contributed by atoms with E-state index in [-0.39, 0.29) is 5.56 Å². The molecule has 1 N–H and O–H groups in total. The molecule has 0 aliphatic rings. The van der Waals surface area contributed by atoms with Gasteiger partial charge in [0, 0.05) is 18.0 Å². The number of aromatic nitrogens is 4. The molecule has 0 amide bonds. The Bertz CT molecular complexity index is 721. The van der Waals surface area contributed by atoms with Gasteiger partial charge in [-0.2, -0.15) is 0 Å². The summed E-state index contributed by atoms with van der Waals surface area (Å²) in [7, 11) is 0. The van der Waals surface area contributed by atoms with Crippen LogP contribution in [0.25, 0.3) is 22.0 Å². The van der Waals surface area contributed by atoms with E-state index >= 15 is 0 Å². The summed E-state index contributed by atoms with van der Waals surface area (Å²) >= 11 is 0. The lowest BCUT2D eigenvalue weighted by Gasteiger charge is -2.01. The van der Waals surface area contributed by atoms with Crippen LogP contribution in [0.15, 0.2) is 48.0 Å². The second-order valence-corrected chi connectivity index (χ2v) is 3.59. The third-order valence-corrected chi connectivity index (χ3v) is 2.54. The Balaban J connectivity index is 2.25. The van der Waals surface area contributed by atoms with Crippen molar-refractivity contribution in [3.05, 3.63) is 53.6 Å². The van der Waals surface area contributed by atoms with Gasteiger partial charge in [-0.3, -0.25) is 4.79 Å². The first-order valence-corrected chi connectivity index (χ1v) is 5.07. The summed E-state index contributed by atoms with van der Waals surface area (Å²) in [5, 5.41) is 0.577. The molecule has 0 spiro atoms. The van der Waals surface area contributed by atoms with Crippen LogP contribution in [0, 0.1) is 0 Å². The van der Waals surface area contributed by atoms with Crippen molar-refractivity contribution in [2.75, 3.05) is 0 Å². The number of hydrogen-bond acceptors (Lipinski definition) is 4. The number of aromatic amines is 1. The molecule has 0 unspecified atom stereocenters. The summed E-state index contributed by atoms with van der Waals surface area (Å²) in [5.41, 5.74) is 2.37. The fourth-order valence-electron chi connectivity index (χ4n) is 1.70. The highest BCUT2D eigenvalue weighted by Crippen LogP contribution is 2.20. The number of rotatable bonds is 1. The largest absolute Gasteiger partial charge is 0.313 e. The summed E-state index contributed by atoms with van der Waals surface area (Å²) < 4.78 is 0. The Labute approximate surface area is 96.2 Å². The molecule has 2 aromatic heterocycles. The van der Waals surface area contributed by atoms with E-state index in [1.165, 1.54) is 12.7 Å². The van der Waals surface area contributed by atoms with E-state index in [1.54, 1.807) is 18.5 Å². The highest BCUT2D eigenvalue weighted by atomic mass is 16.1. The van der Waals surface area contributed by atoms with Gasteiger partial charge in [0.1, 0.15) is 6.33 Å². The van der Waals surface area contributed by atoms with Crippen LogP contribution in [-0.2, 0) is 0 Å². The van der Waals surface area contributed by atoms with Crippen molar-refractivity contribution in [3.8, 4) is 11.1 Å². The van der Waals surface area contributed by atoms with Crippen LogP contribution in [0.2, 0.25) is 0 Å². The average molecular weight is 224 g/mol. The fraction of sp³-hybridized carbons (Fsp3) is 0. The van der Waals surface area contributed by atoms with Crippen LogP contribution in [0.5, 0.6) is 0 Å². The quantitative estimate of drug-likeness (QED) is 0.677. The minimum Gasteiger partial charge on any atom is -0.313 e. The number of benzene rings is 1. The lowest BCUT2D eigenvalue weighted by Crippen LogP contribution is -2.05. The van der Waals surface area contributed by atoms with Crippen molar-refractivity contribution in [2.24, 2.45) is 0 Å². The molecule has 0 atom stereocenters. The second kappa shape index (κ2) is 3.79.